The van der Waals surface area contributed by atoms with E-state index in [-0.39, 0.29) is 33.1 Å². The predicted molar refractivity (Wildman–Crippen MR) is 126 cm³/mol. The summed E-state index contributed by atoms with van der Waals surface area (Å²) in [5.41, 5.74) is 1.59. The monoisotopic (exact) mass is 487 g/mol. The summed E-state index contributed by atoms with van der Waals surface area (Å²) in [5.74, 6) is -0.847. The molecule has 172 valence electrons. The Morgan fingerprint density at radius 1 is 1.06 bits per heavy atom. The van der Waals surface area contributed by atoms with Crippen LogP contribution in [0.25, 0.3) is 0 Å². The molecule has 33 heavy (non-hydrogen) atoms. The first-order valence-corrected chi connectivity index (χ1v) is 12.3. The van der Waals surface area contributed by atoms with Gasteiger partial charge in [0, 0.05) is 31.2 Å². The maximum atomic E-state index is 13.1. The second-order valence-corrected chi connectivity index (χ2v) is 10.0. The van der Waals surface area contributed by atoms with E-state index in [0.29, 0.717) is 0 Å². The molecule has 0 aliphatic carbocycles. The van der Waals surface area contributed by atoms with Crippen LogP contribution >= 0.6 is 11.6 Å². The van der Waals surface area contributed by atoms with Crippen molar-refractivity contribution in [1.29, 1.82) is 0 Å². The average molecular weight is 488 g/mol. The van der Waals surface area contributed by atoms with Gasteiger partial charge in [-0.05, 0) is 54.4 Å². The third-order valence-corrected chi connectivity index (χ3v) is 7.16. The molecule has 6 nitrogen and oxygen atoms in total. The molecule has 3 aromatic carbocycles. The van der Waals surface area contributed by atoms with Crippen molar-refractivity contribution in [2.75, 3.05) is 17.8 Å². The lowest BCUT2D eigenvalue weighted by molar-refractivity contribution is 0.0937. The van der Waals surface area contributed by atoms with Gasteiger partial charge in [0.2, 0.25) is 0 Å². The van der Waals surface area contributed by atoms with Crippen molar-refractivity contribution < 1.29 is 17.6 Å². The topological polar surface area (TPSA) is 78.5 Å². The molecule has 4 rings (SSSR count). The van der Waals surface area contributed by atoms with Gasteiger partial charge in [-0.1, -0.05) is 41.9 Å². The number of nitrogens with one attached hydrogen (secondary N) is 2. The Morgan fingerprint density at radius 2 is 1.79 bits per heavy atom. The molecule has 0 saturated carbocycles. The van der Waals surface area contributed by atoms with Gasteiger partial charge in [0.15, 0.2) is 0 Å². The van der Waals surface area contributed by atoms with E-state index >= 15 is 0 Å². The Balaban J connectivity index is 1.41. The number of nitrogens with zero attached hydrogens (tertiary/aromatic N) is 1. The van der Waals surface area contributed by atoms with Crippen molar-refractivity contribution in [2.45, 2.75) is 23.9 Å². The van der Waals surface area contributed by atoms with Crippen molar-refractivity contribution in [3.8, 4) is 0 Å². The minimum absolute atomic E-state index is 0.00347. The van der Waals surface area contributed by atoms with Crippen LogP contribution in [-0.2, 0) is 16.6 Å². The number of sulfonamides is 1. The van der Waals surface area contributed by atoms with Gasteiger partial charge >= 0.3 is 0 Å². The summed E-state index contributed by atoms with van der Waals surface area (Å²) in [6, 6.07) is 19.0. The first kappa shape index (κ1) is 23.2. The minimum Gasteiger partial charge on any atom is -0.348 e. The second kappa shape index (κ2) is 9.91. The van der Waals surface area contributed by atoms with E-state index in [4.69, 9.17) is 11.6 Å². The van der Waals surface area contributed by atoms with E-state index in [1.807, 2.05) is 18.2 Å². The van der Waals surface area contributed by atoms with E-state index in [1.54, 1.807) is 6.07 Å². The van der Waals surface area contributed by atoms with Crippen LogP contribution in [0.4, 0.5) is 10.1 Å². The number of likely N-dealkylation sites (tertiary alicyclic amines) is 1. The largest absolute Gasteiger partial charge is 0.348 e. The third kappa shape index (κ3) is 5.90. The van der Waals surface area contributed by atoms with Gasteiger partial charge in [-0.3, -0.25) is 14.4 Å². The molecule has 2 N–H and O–H groups in total. The van der Waals surface area contributed by atoms with Crippen LogP contribution in [0.3, 0.4) is 0 Å². The SMILES string of the molecule is O=C(NC1CCN(Cc2ccccc2)C1)c1ccc(Cl)c(NS(=O)(=O)c2ccc(F)cc2)c1. The molecular formula is C24H23ClFN3O3S. The highest BCUT2D eigenvalue weighted by Gasteiger charge is 2.25. The van der Waals surface area contributed by atoms with Crippen LogP contribution in [0.1, 0.15) is 22.3 Å². The van der Waals surface area contributed by atoms with Gasteiger partial charge in [-0.2, -0.15) is 0 Å². The van der Waals surface area contributed by atoms with E-state index in [2.05, 4.69) is 27.1 Å². The van der Waals surface area contributed by atoms with Crippen molar-refractivity contribution in [1.82, 2.24) is 10.2 Å². The molecule has 1 aliphatic heterocycles. The number of anilines is 1. The molecule has 1 amide bonds. The molecule has 1 atom stereocenters. The molecule has 1 heterocycles. The third-order valence-electron chi connectivity index (χ3n) is 5.45. The van der Waals surface area contributed by atoms with Crippen LogP contribution in [0.15, 0.2) is 77.7 Å². The Morgan fingerprint density at radius 3 is 2.52 bits per heavy atom. The van der Waals surface area contributed by atoms with Crippen molar-refractivity contribution >= 4 is 33.2 Å². The molecule has 0 spiro atoms. The van der Waals surface area contributed by atoms with Crippen molar-refractivity contribution in [2.24, 2.45) is 0 Å². The number of halogens is 2. The number of hydrogen-bond acceptors (Lipinski definition) is 4. The van der Waals surface area contributed by atoms with Crippen LogP contribution in [0.5, 0.6) is 0 Å². The predicted octanol–water partition coefficient (Wildman–Crippen LogP) is 4.28. The molecule has 1 saturated heterocycles. The molecule has 1 unspecified atom stereocenters. The molecule has 0 bridgehead atoms. The van der Waals surface area contributed by atoms with E-state index < -0.39 is 15.8 Å². The summed E-state index contributed by atoms with van der Waals surface area (Å²) in [4.78, 5) is 15.0. The van der Waals surface area contributed by atoms with Gasteiger partial charge in [-0.25, -0.2) is 12.8 Å². The molecule has 0 aromatic heterocycles. The van der Waals surface area contributed by atoms with Gasteiger partial charge in [0.25, 0.3) is 15.9 Å². The summed E-state index contributed by atoms with van der Waals surface area (Å²) in [6.45, 7) is 2.44. The highest BCUT2D eigenvalue weighted by atomic mass is 35.5. The Hall–Kier alpha value is -2.94. The smallest absolute Gasteiger partial charge is 0.261 e. The van der Waals surface area contributed by atoms with Crippen molar-refractivity contribution in [3.63, 3.8) is 0 Å². The van der Waals surface area contributed by atoms with Gasteiger partial charge < -0.3 is 5.32 Å². The molecule has 9 heteroatoms. The fraction of sp³-hybridized carbons (Fsp3) is 0.208. The number of hydrogen-bond donors (Lipinski definition) is 2. The van der Waals surface area contributed by atoms with E-state index in [9.17, 15) is 17.6 Å². The lowest BCUT2D eigenvalue weighted by Gasteiger charge is -2.17. The maximum Gasteiger partial charge on any atom is 0.261 e. The zero-order valence-electron chi connectivity index (χ0n) is 17.7. The summed E-state index contributed by atoms with van der Waals surface area (Å²) < 4.78 is 40.7. The van der Waals surface area contributed by atoms with E-state index in [0.717, 1.165) is 50.3 Å². The zero-order valence-corrected chi connectivity index (χ0v) is 19.2. The van der Waals surface area contributed by atoms with Crippen LogP contribution in [0.2, 0.25) is 5.02 Å². The highest BCUT2D eigenvalue weighted by molar-refractivity contribution is 7.92. The summed E-state index contributed by atoms with van der Waals surface area (Å²) in [6.07, 6.45) is 0.830. The maximum absolute atomic E-state index is 13.1. The first-order chi connectivity index (χ1) is 15.8. The normalized spacial score (nSPS) is 16.5. The number of rotatable bonds is 7. The lowest BCUT2D eigenvalue weighted by Crippen LogP contribution is -2.37. The minimum atomic E-state index is -3.99. The second-order valence-electron chi connectivity index (χ2n) is 7.93. The fourth-order valence-corrected chi connectivity index (χ4v) is 5.06. The molecule has 3 aromatic rings. The molecule has 1 aliphatic rings. The van der Waals surface area contributed by atoms with Crippen LogP contribution < -0.4 is 10.0 Å². The van der Waals surface area contributed by atoms with Crippen LogP contribution in [0, 0.1) is 5.82 Å². The summed E-state index contributed by atoms with van der Waals surface area (Å²) in [5, 5.41) is 3.16. The van der Waals surface area contributed by atoms with Gasteiger partial charge in [0.1, 0.15) is 5.82 Å². The van der Waals surface area contributed by atoms with Gasteiger partial charge in [-0.15, -0.1) is 0 Å². The van der Waals surface area contributed by atoms with Crippen LogP contribution in [-0.4, -0.2) is 38.4 Å². The lowest BCUT2D eigenvalue weighted by atomic mass is 10.1. The highest BCUT2D eigenvalue weighted by Crippen LogP contribution is 2.26. The Kier molecular flexibility index (Phi) is 6.97. The quantitative estimate of drug-likeness (QED) is 0.521. The summed E-state index contributed by atoms with van der Waals surface area (Å²) >= 11 is 6.16. The number of benzene rings is 3. The van der Waals surface area contributed by atoms with E-state index in [1.165, 1.54) is 17.7 Å². The van der Waals surface area contributed by atoms with Crippen molar-refractivity contribution in [3.05, 3.63) is 94.8 Å². The number of amides is 1. The molecule has 0 radical (unpaired) electrons. The fourth-order valence-electron chi connectivity index (χ4n) is 3.77. The molecule has 1 fully saturated rings. The van der Waals surface area contributed by atoms with Gasteiger partial charge in [0.05, 0.1) is 15.6 Å². The molecular weight excluding hydrogens is 465 g/mol. The Labute approximate surface area is 197 Å². The Bertz CT molecular complexity index is 1240. The average Bonchev–Trinajstić information content (AvgIpc) is 3.22. The number of carbonyl (C=O) groups excluding carboxylic acids is 1. The standard InChI is InChI=1S/C24H23ClFN3O3S/c25-22-11-6-18(14-23(22)28-33(31,32)21-9-7-19(26)8-10-21)24(30)27-20-12-13-29(16-20)15-17-4-2-1-3-5-17/h1-11,14,20,28H,12-13,15-16H2,(H,27,30). The zero-order chi connectivity index (χ0) is 23.4. The summed E-state index contributed by atoms with van der Waals surface area (Å²) in [7, 11) is -3.99. The first-order valence-electron chi connectivity index (χ1n) is 10.5. The number of carbonyl (C=O) groups is 1.